The standard InChI is InChI=1S/C17H24N2O2/c1-2-7-19-12-16-11-17(21-13-16)14-20-10-3-4-15-5-8-18-9-6-15/h5-6,8-9,11,13,19H,2-4,7,10,12,14H2,1H3. The molecule has 0 aliphatic rings. The number of rotatable bonds is 10. The van der Waals surface area contributed by atoms with Crippen LogP contribution in [0.3, 0.4) is 0 Å². The van der Waals surface area contributed by atoms with Gasteiger partial charge in [-0.25, -0.2) is 0 Å². The van der Waals surface area contributed by atoms with E-state index in [4.69, 9.17) is 9.15 Å². The Hall–Kier alpha value is -1.65. The average Bonchev–Trinajstić information content (AvgIpc) is 2.96. The predicted octanol–water partition coefficient (Wildman–Crippen LogP) is 3.32. The molecule has 0 aromatic carbocycles. The van der Waals surface area contributed by atoms with Crippen molar-refractivity contribution in [3.63, 3.8) is 0 Å². The van der Waals surface area contributed by atoms with E-state index in [-0.39, 0.29) is 0 Å². The Bertz CT molecular complexity index is 497. The van der Waals surface area contributed by atoms with Gasteiger partial charge in [-0.2, -0.15) is 0 Å². The predicted molar refractivity (Wildman–Crippen MR) is 82.9 cm³/mol. The van der Waals surface area contributed by atoms with Crippen LogP contribution in [0.25, 0.3) is 0 Å². The van der Waals surface area contributed by atoms with E-state index in [1.807, 2.05) is 24.5 Å². The Morgan fingerprint density at radius 2 is 2.10 bits per heavy atom. The van der Waals surface area contributed by atoms with E-state index in [1.165, 1.54) is 11.1 Å². The summed E-state index contributed by atoms with van der Waals surface area (Å²) in [4.78, 5) is 4.01. The molecule has 4 nitrogen and oxygen atoms in total. The topological polar surface area (TPSA) is 47.3 Å². The maximum atomic E-state index is 5.65. The van der Waals surface area contributed by atoms with Crippen molar-refractivity contribution in [1.82, 2.24) is 10.3 Å². The van der Waals surface area contributed by atoms with Crippen LogP contribution >= 0.6 is 0 Å². The highest BCUT2D eigenvalue weighted by Gasteiger charge is 2.02. The van der Waals surface area contributed by atoms with Crippen molar-refractivity contribution in [1.29, 1.82) is 0 Å². The molecule has 2 rings (SSSR count). The minimum absolute atomic E-state index is 0.546. The van der Waals surface area contributed by atoms with Gasteiger partial charge in [0.2, 0.25) is 0 Å². The monoisotopic (exact) mass is 288 g/mol. The van der Waals surface area contributed by atoms with Gasteiger partial charge in [0.1, 0.15) is 12.4 Å². The van der Waals surface area contributed by atoms with Gasteiger partial charge in [0.05, 0.1) is 6.26 Å². The fraction of sp³-hybridized carbons (Fsp3) is 0.471. The highest BCUT2D eigenvalue weighted by Crippen LogP contribution is 2.09. The van der Waals surface area contributed by atoms with Crippen LogP contribution in [0.2, 0.25) is 0 Å². The molecule has 114 valence electrons. The summed E-state index contributed by atoms with van der Waals surface area (Å²) < 4.78 is 11.1. The Morgan fingerprint density at radius 1 is 1.24 bits per heavy atom. The summed E-state index contributed by atoms with van der Waals surface area (Å²) in [5.41, 5.74) is 2.48. The van der Waals surface area contributed by atoms with Gasteiger partial charge in [0, 0.05) is 31.1 Å². The molecule has 0 fully saturated rings. The molecule has 2 aromatic rings. The minimum Gasteiger partial charge on any atom is -0.467 e. The van der Waals surface area contributed by atoms with Crippen LogP contribution in [0.5, 0.6) is 0 Å². The highest BCUT2D eigenvalue weighted by molar-refractivity contribution is 5.12. The van der Waals surface area contributed by atoms with Gasteiger partial charge in [-0.15, -0.1) is 0 Å². The molecule has 2 aromatic heterocycles. The molecule has 0 unspecified atom stereocenters. The van der Waals surface area contributed by atoms with E-state index in [1.54, 1.807) is 6.26 Å². The summed E-state index contributed by atoms with van der Waals surface area (Å²) in [5, 5.41) is 3.35. The second-order valence-electron chi connectivity index (χ2n) is 5.11. The molecule has 0 saturated heterocycles. The normalized spacial score (nSPS) is 10.9. The van der Waals surface area contributed by atoms with Crippen LogP contribution in [0.4, 0.5) is 0 Å². The molecule has 0 spiro atoms. The molecule has 0 radical (unpaired) electrons. The third kappa shape index (κ3) is 6.10. The van der Waals surface area contributed by atoms with Crippen LogP contribution in [0.1, 0.15) is 36.7 Å². The molecule has 0 aliphatic heterocycles. The van der Waals surface area contributed by atoms with Gasteiger partial charge < -0.3 is 14.5 Å². The molecule has 0 atom stereocenters. The lowest BCUT2D eigenvalue weighted by Gasteiger charge is -2.02. The zero-order valence-corrected chi connectivity index (χ0v) is 12.7. The van der Waals surface area contributed by atoms with Crippen molar-refractivity contribution < 1.29 is 9.15 Å². The first-order chi connectivity index (χ1) is 10.4. The van der Waals surface area contributed by atoms with Crippen LogP contribution in [0, 0.1) is 0 Å². The van der Waals surface area contributed by atoms with Crippen molar-refractivity contribution in [2.45, 2.75) is 39.3 Å². The molecule has 4 heteroatoms. The van der Waals surface area contributed by atoms with Crippen molar-refractivity contribution in [3.8, 4) is 0 Å². The Labute approximate surface area is 126 Å². The zero-order chi connectivity index (χ0) is 14.8. The number of aromatic nitrogens is 1. The molecular formula is C17H24N2O2. The summed E-state index contributed by atoms with van der Waals surface area (Å²) in [6, 6.07) is 6.15. The van der Waals surface area contributed by atoms with Crippen molar-refractivity contribution in [3.05, 3.63) is 53.7 Å². The highest BCUT2D eigenvalue weighted by atomic mass is 16.5. The van der Waals surface area contributed by atoms with Gasteiger partial charge in [-0.1, -0.05) is 6.92 Å². The van der Waals surface area contributed by atoms with E-state index in [9.17, 15) is 0 Å². The number of hydrogen-bond acceptors (Lipinski definition) is 4. The molecule has 21 heavy (non-hydrogen) atoms. The molecule has 2 heterocycles. The summed E-state index contributed by atoms with van der Waals surface area (Å²) >= 11 is 0. The summed E-state index contributed by atoms with van der Waals surface area (Å²) in [7, 11) is 0. The molecule has 0 amide bonds. The van der Waals surface area contributed by atoms with Gasteiger partial charge >= 0.3 is 0 Å². The largest absolute Gasteiger partial charge is 0.467 e. The van der Waals surface area contributed by atoms with E-state index in [2.05, 4.69) is 23.3 Å². The van der Waals surface area contributed by atoms with Gasteiger partial charge in [0.25, 0.3) is 0 Å². The maximum absolute atomic E-state index is 5.65. The maximum Gasteiger partial charge on any atom is 0.129 e. The van der Waals surface area contributed by atoms with E-state index >= 15 is 0 Å². The van der Waals surface area contributed by atoms with Crippen molar-refractivity contribution in [2.75, 3.05) is 13.2 Å². The zero-order valence-electron chi connectivity index (χ0n) is 12.7. The molecule has 0 saturated carbocycles. The smallest absolute Gasteiger partial charge is 0.129 e. The SMILES string of the molecule is CCCNCc1coc(COCCCc2ccncc2)c1. The summed E-state index contributed by atoms with van der Waals surface area (Å²) in [5.74, 6) is 0.896. The van der Waals surface area contributed by atoms with Crippen molar-refractivity contribution in [2.24, 2.45) is 0 Å². The molecule has 1 N–H and O–H groups in total. The molecule has 0 aliphatic carbocycles. The van der Waals surface area contributed by atoms with Gasteiger partial charge in [0.15, 0.2) is 0 Å². The van der Waals surface area contributed by atoms with E-state index < -0.39 is 0 Å². The third-order valence-corrected chi connectivity index (χ3v) is 3.21. The quantitative estimate of drug-likeness (QED) is 0.681. The third-order valence-electron chi connectivity index (χ3n) is 3.21. The number of hydrogen-bond donors (Lipinski definition) is 1. The number of aryl methyl sites for hydroxylation is 1. The number of furan rings is 1. The number of ether oxygens (including phenoxy) is 1. The number of pyridine rings is 1. The van der Waals surface area contributed by atoms with Gasteiger partial charge in [-0.05, 0) is 49.6 Å². The Kier molecular flexibility index (Phi) is 6.98. The van der Waals surface area contributed by atoms with E-state index in [0.29, 0.717) is 6.61 Å². The Morgan fingerprint density at radius 3 is 2.90 bits per heavy atom. The van der Waals surface area contributed by atoms with Crippen LogP contribution in [-0.2, 0) is 24.3 Å². The molecular weight excluding hydrogens is 264 g/mol. The second kappa shape index (κ2) is 9.32. The lowest BCUT2D eigenvalue weighted by Crippen LogP contribution is -2.13. The fourth-order valence-electron chi connectivity index (χ4n) is 2.10. The van der Waals surface area contributed by atoms with E-state index in [0.717, 1.165) is 44.7 Å². The first-order valence-electron chi connectivity index (χ1n) is 7.62. The Balaban J connectivity index is 1.58. The summed E-state index contributed by atoms with van der Waals surface area (Å²) in [6.07, 6.45) is 8.63. The summed E-state index contributed by atoms with van der Waals surface area (Å²) in [6.45, 7) is 5.34. The average molecular weight is 288 g/mol. The first-order valence-corrected chi connectivity index (χ1v) is 7.62. The number of nitrogens with zero attached hydrogens (tertiary/aromatic N) is 1. The van der Waals surface area contributed by atoms with Gasteiger partial charge in [-0.3, -0.25) is 4.98 Å². The lowest BCUT2D eigenvalue weighted by atomic mass is 10.1. The second-order valence-corrected chi connectivity index (χ2v) is 5.11. The van der Waals surface area contributed by atoms with Crippen LogP contribution in [0.15, 0.2) is 41.3 Å². The van der Waals surface area contributed by atoms with Crippen molar-refractivity contribution >= 4 is 0 Å². The van der Waals surface area contributed by atoms with Crippen LogP contribution < -0.4 is 5.32 Å². The fourth-order valence-corrected chi connectivity index (χ4v) is 2.10. The minimum atomic E-state index is 0.546. The molecule has 0 bridgehead atoms. The lowest BCUT2D eigenvalue weighted by molar-refractivity contribution is 0.104. The van der Waals surface area contributed by atoms with Crippen LogP contribution in [-0.4, -0.2) is 18.1 Å². The number of nitrogens with one attached hydrogen (secondary N) is 1. The first kappa shape index (κ1) is 15.7.